The van der Waals surface area contributed by atoms with Gasteiger partial charge in [-0.25, -0.2) is 4.79 Å². The van der Waals surface area contributed by atoms with Gasteiger partial charge in [0.05, 0.1) is 20.8 Å². The van der Waals surface area contributed by atoms with Gasteiger partial charge in [-0.2, -0.15) is 0 Å². The van der Waals surface area contributed by atoms with Crippen LogP contribution in [0.1, 0.15) is 39.2 Å². The third-order valence-electron chi connectivity index (χ3n) is 4.25. The fraction of sp³-hybridized carbons (Fsp3) is 0.381. The molecule has 0 bridgehead atoms. The molecule has 0 fully saturated rings. The molecule has 4 nitrogen and oxygen atoms in total. The summed E-state index contributed by atoms with van der Waals surface area (Å²) < 4.78 is 16.3. The van der Waals surface area contributed by atoms with Gasteiger partial charge in [0.1, 0.15) is 11.5 Å². The summed E-state index contributed by atoms with van der Waals surface area (Å²) in [5.74, 6) is 1.30. The van der Waals surface area contributed by atoms with E-state index in [4.69, 9.17) is 14.2 Å². The molecule has 2 rings (SSSR count). The van der Waals surface area contributed by atoms with E-state index in [1.54, 1.807) is 14.0 Å². The maximum atomic E-state index is 12.0. The van der Waals surface area contributed by atoms with E-state index in [2.05, 4.69) is 6.92 Å². The molecule has 25 heavy (non-hydrogen) atoms. The average molecular weight is 342 g/mol. The average Bonchev–Trinajstić information content (AvgIpc) is 2.65. The number of methoxy groups -OCH3 is 2. The zero-order valence-corrected chi connectivity index (χ0v) is 15.6. The Kier molecular flexibility index (Phi) is 6.45. The molecule has 0 aliphatic carbocycles. The minimum absolute atomic E-state index is 0.312. The molecule has 0 amide bonds. The molecular weight excluding hydrogens is 316 g/mol. The van der Waals surface area contributed by atoms with Crippen molar-refractivity contribution in [1.82, 2.24) is 0 Å². The number of ether oxygens (including phenoxy) is 3. The van der Waals surface area contributed by atoms with Gasteiger partial charge in [0.15, 0.2) is 0 Å². The Labute approximate surface area is 149 Å². The van der Waals surface area contributed by atoms with Crippen LogP contribution >= 0.6 is 0 Å². The SMILES string of the molecule is CCCOc1c(/C(CC)=C(\C)C(=O)OC)ccc2cc(OC)ccc12. The van der Waals surface area contributed by atoms with Crippen LogP contribution < -0.4 is 9.47 Å². The van der Waals surface area contributed by atoms with Gasteiger partial charge < -0.3 is 14.2 Å². The standard InChI is InChI=1S/C21H26O4/c1-6-12-25-20-18-11-9-16(23-4)13-15(18)8-10-19(20)17(7-2)14(3)21(22)24-5/h8-11,13H,6-7,12H2,1-5H3/b17-14+. The first-order valence-corrected chi connectivity index (χ1v) is 8.59. The number of esters is 1. The molecule has 2 aromatic rings. The number of carbonyl (C=O) groups is 1. The van der Waals surface area contributed by atoms with Gasteiger partial charge in [-0.3, -0.25) is 0 Å². The summed E-state index contributed by atoms with van der Waals surface area (Å²) in [6, 6.07) is 9.96. The molecule has 0 unspecified atom stereocenters. The Balaban J connectivity index is 2.71. The number of carbonyl (C=O) groups excluding carboxylic acids is 1. The van der Waals surface area contributed by atoms with Crippen molar-refractivity contribution >= 4 is 22.3 Å². The molecule has 0 heterocycles. The topological polar surface area (TPSA) is 44.8 Å². The fourth-order valence-corrected chi connectivity index (χ4v) is 2.94. The van der Waals surface area contributed by atoms with E-state index in [1.807, 2.05) is 37.3 Å². The summed E-state index contributed by atoms with van der Waals surface area (Å²) in [5.41, 5.74) is 2.49. The van der Waals surface area contributed by atoms with Crippen LogP contribution in [-0.2, 0) is 9.53 Å². The van der Waals surface area contributed by atoms with E-state index in [0.29, 0.717) is 18.6 Å². The van der Waals surface area contributed by atoms with Crippen LogP contribution in [0.4, 0.5) is 0 Å². The number of fused-ring (bicyclic) bond motifs is 1. The van der Waals surface area contributed by atoms with Crippen molar-refractivity contribution < 1.29 is 19.0 Å². The van der Waals surface area contributed by atoms with Crippen molar-refractivity contribution in [3.63, 3.8) is 0 Å². The molecule has 0 spiro atoms. The van der Waals surface area contributed by atoms with Crippen molar-refractivity contribution in [3.05, 3.63) is 41.5 Å². The Morgan fingerprint density at radius 2 is 1.84 bits per heavy atom. The van der Waals surface area contributed by atoms with Crippen molar-refractivity contribution in [2.24, 2.45) is 0 Å². The summed E-state index contributed by atoms with van der Waals surface area (Å²) in [6.45, 7) is 6.52. The third-order valence-corrected chi connectivity index (χ3v) is 4.25. The lowest BCUT2D eigenvalue weighted by Gasteiger charge is -2.18. The van der Waals surface area contributed by atoms with Crippen molar-refractivity contribution in [2.45, 2.75) is 33.6 Å². The normalized spacial score (nSPS) is 11.9. The quantitative estimate of drug-likeness (QED) is 0.525. The second kappa shape index (κ2) is 8.56. The van der Waals surface area contributed by atoms with Crippen molar-refractivity contribution in [1.29, 1.82) is 0 Å². The number of hydrogen-bond acceptors (Lipinski definition) is 4. The first-order valence-electron chi connectivity index (χ1n) is 8.59. The summed E-state index contributed by atoms with van der Waals surface area (Å²) in [4.78, 5) is 12.0. The van der Waals surface area contributed by atoms with E-state index in [-0.39, 0.29) is 5.97 Å². The molecular formula is C21H26O4. The minimum Gasteiger partial charge on any atom is -0.497 e. The van der Waals surface area contributed by atoms with Crippen LogP contribution in [0.15, 0.2) is 35.9 Å². The van der Waals surface area contributed by atoms with Gasteiger partial charge in [-0.1, -0.05) is 26.0 Å². The van der Waals surface area contributed by atoms with Crippen molar-refractivity contribution in [3.8, 4) is 11.5 Å². The van der Waals surface area contributed by atoms with Crippen LogP contribution in [0, 0.1) is 0 Å². The molecule has 4 heteroatoms. The van der Waals surface area contributed by atoms with E-state index in [1.165, 1.54) is 7.11 Å². The van der Waals surface area contributed by atoms with E-state index >= 15 is 0 Å². The zero-order valence-electron chi connectivity index (χ0n) is 15.6. The first kappa shape index (κ1) is 18.8. The zero-order chi connectivity index (χ0) is 18.4. The summed E-state index contributed by atoms with van der Waals surface area (Å²) >= 11 is 0. The van der Waals surface area contributed by atoms with Crippen LogP contribution in [0.5, 0.6) is 11.5 Å². The third kappa shape index (κ3) is 3.95. The molecule has 0 aromatic heterocycles. The molecule has 0 aliphatic heterocycles. The predicted molar refractivity (Wildman–Crippen MR) is 101 cm³/mol. The highest BCUT2D eigenvalue weighted by Crippen LogP contribution is 2.38. The Bertz CT molecular complexity index is 790. The van der Waals surface area contributed by atoms with E-state index < -0.39 is 0 Å². The smallest absolute Gasteiger partial charge is 0.333 e. The molecule has 0 aliphatic rings. The number of rotatable bonds is 7. The second-order valence-corrected chi connectivity index (χ2v) is 5.83. The number of hydrogen-bond donors (Lipinski definition) is 0. The molecule has 2 aromatic carbocycles. The Morgan fingerprint density at radius 3 is 2.44 bits per heavy atom. The lowest BCUT2D eigenvalue weighted by molar-refractivity contribution is -0.135. The van der Waals surface area contributed by atoms with Gasteiger partial charge in [0, 0.05) is 16.5 Å². The Morgan fingerprint density at radius 1 is 1.08 bits per heavy atom. The van der Waals surface area contributed by atoms with Gasteiger partial charge >= 0.3 is 5.97 Å². The molecule has 0 saturated carbocycles. The maximum Gasteiger partial charge on any atom is 0.333 e. The number of allylic oxidation sites excluding steroid dienone is 1. The fourth-order valence-electron chi connectivity index (χ4n) is 2.94. The highest BCUT2D eigenvalue weighted by atomic mass is 16.5. The van der Waals surface area contributed by atoms with E-state index in [9.17, 15) is 4.79 Å². The largest absolute Gasteiger partial charge is 0.497 e. The van der Waals surface area contributed by atoms with E-state index in [0.717, 1.165) is 39.8 Å². The van der Waals surface area contributed by atoms with Gasteiger partial charge in [-0.05, 0) is 48.9 Å². The minimum atomic E-state index is -0.312. The van der Waals surface area contributed by atoms with Crippen LogP contribution in [0.25, 0.3) is 16.3 Å². The summed E-state index contributed by atoms with van der Waals surface area (Å²) in [7, 11) is 3.06. The molecule has 0 atom stereocenters. The monoisotopic (exact) mass is 342 g/mol. The molecule has 0 N–H and O–H groups in total. The summed E-state index contributed by atoms with van der Waals surface area (Å²) in [5, 5.41) is 2.05. The maximum absolute atomic E-state index is 12.0. The van der Waals surface area contributed by atoms with Crippen LogP contribution in [-0.4, -0.2) is 26.8 Å². The lowest BCUT2D eigenvalue weighted by atomic mass is 9.94. The highest BCUT2D eigenvalue weighted by Gasteiger charge is 2.18. The highest BCUT2D eigenvalue weighted by molar-refractivity contribution is 6.01. The summed E-state index contributed by atoms with van der Waals surface area (Å²) in [6.07, 6.45) is 1.62. The van der Waals surface area contributed by atoms with Gasteiger partial charge in [0.25, 0.3) is 0 Å². The van der Waals surface area contributed by atoms with Crippen molar-refractivity contribution in [2.75, 3.05) is 20.8 Å². The molecule has 0 radical (unpaired) electrons. The first-order chi connectivity index (χ1) is 12.1. The Hall–Kier alpha value is -2.49. The van der Waals surface area contributed by atoms with Crippen LogP contribution in [0.2, 0.25) is 0 Å². The second-order valence-electron chi connectivity index (χ2n) is 5.83. The van der Waals surface area contributed by atoms with Crippen LogP contribution in [0.3, 0.4) is 0 Å². The van der Waals surface area contributed by atoms with Gasteiger partial charge in [-0.15, -0.1) is 0 Å². The molecule has 0 saturated heterocycles. The molecule has 134 valence electrons. The number of benzene rings is 2. The predicted octanol–water partition coefficient (Wildman–Crippen LogP) is 4.99. The van der Waals surface area contributed by atoms with Gasteiger partial charge in [0.2, 0.25) is 0 Å². The lowest BCUT2D eigenvalue weighted by Crippen LogP contribution is -2.06.